The van der Waals surface area contributed by atoms with Crippen molar-refractivity contribution in [1.29, 1.82) is 0 Å². The number of nitrogens with zero attached hydrogens (tertiary/aromatic N) is 3. The molecular weight excluding hydrogens is 602 g/mol. The zero-order valence-electron chi connectivity index (χ0n) is 25.4. The van der Waals surface area contributed by atoms with Crippen molar-refractivity contribution in [2.24, 2.45) is 0 Å². The Balaban J connectivity index is 1.74. The Morgan fingerprint density at radius 3 is 2.27 bits per heavy atom. The van der Waals surface area contributed by atoms with Crippen molar-refractivity contribution in [3.63, 3.8) is 0 Å². The average Bonchev–Trinajstić information content (AvgIpc) is 3.02. The van der Waals surface area contributed by atoms with Crippen LogP contribution in [0.4, 0.5) is 8.78 Å². The summed E-state index contributed by atoms with van der Waals surface area (Å²) in [4.78, 5) is 30.5. The normalized spacial score (nSPS) is 14.8. The number of hydrogen-bond acceptors (Lipinski definition) is 7. The van der Waals surface area contributed by atoms with Crippen molar-refractivity contribution < 1.29 is 21.9 Å². The van der Waals surface area contributed by atoms with Gasteiger partial charge in [-0.05, 0) is 30.7 Å². The molecule has 0 unspecified atom stereocenters. The second-order valence-electron chi connectivity index (χ2n) is 11.2. The predicted molar refractivity (Wildman–Crippen MR) is 169 cm³/mol. The first-order valence-electron chi connectivity index (χ1n) is 14.6. The van der Waals surface area contributed by atoms with Crippen LogP contribution in [0.3, 0.4) is 0 Å². The molecule has 1 N–H and O–H groups in total. The molecule has 238 valence electrons. The van der Waals surface area contributed by atoms with Gasteiger partial charge in [0.25, 0.3) is 5.56 Å². The van der Waals surface area contributed by atoms with Crippen LogP contribution in [-0.4, -0.2) is 68.5 Å². The van der Waals surface area contributed by atoms with Crippen LogP contribution < -0.4 is 21.3 Å². The van der Waals surface area contributed by atoms with E-state index < -0.39 is 39.3 Å². The second kappa shape index (κ2) is 13.5. The van der Waals surface area contributed by atoms with Gasteiger partial charge in [0, 0.05) is 68.3 Å². The molecule has 5 rings (SSSR count). The van der Waals surface area contributed by atoms with Crippen molar-refractivity contribution >= 4 is 9.84 Å². The highest BCUT2D eigenvalue weighted by molar-refractivity contribution is 7.90. The lowest BCUT2D eigenvalue weighted by Crippen LogP contribution is -2.47. The Bertz CT molecular complexity index is 1920. The zero-order valence-corrected chi connectivity index (χ0v) is 26.2. The average molecular weight is 639 g/mol. The SMILES string of the molecule is COc1cccc(-c2c(C)n(Cc3c(F)cccc3S(C)(=O)=O)c(=O)n(C[C@@H](CN3CCNCC3)c3ccccc3)c2=O)c1F. The van der Waals surface area contributed by atoms with E-state index in [4.69, 9.17) is 4.74 Å². The number of ether oxygens (including phenoxy) is 1. The molecule has 0 radical (unpaired) electrons. The van der Waals surface area contributed by atoms with Crippen LogP contribution in [0.2, 0.25) is 0 Å². The minimum absolute atomic E-state index is 0.0410. The fourth-order valence-electron chi connectivity index (χ4n) is 5.94. The summed E-state index contributed by atoms with van der Waals surface area (Å²) in [5.41, 5.74) is -0.904. The van der Waals surface area contributed by atoms with Crippen LogP contribution in [0.15, 0.2) is 81.2 Å². The van der Waals surface area contributed by atoms with Crippen LogP contribution in [0.1, 0.15) is 22.7 Å². The quantitative estimate of drug-likeness (QED) is 0.284. The van der Waals surface area contributed by atoms with Gasteiger partial charge in [-0.3, -0.25) is 13.9 Å². The lowest BCUT2D eigenvalue weighted by Gasteiger charge is -2.31. The number of piperazine rings is 1. The maximum atomic E-state index is 15.7. The minimum Gasteiger partial charge on any atom is -0.494 e. The summed E-state index contributed by atoms with van der Waals surface area (Å²) in [5.74, 6) is -2.00. The van der Waals surface area contributed by atoms with E-state index in [2.05, 4.69) is 10.2 Å². The molecule has 1 aromatic heterocycles. The van der Waals surface area contributed by atoms with Gasteiger partial charge >= 0.3 is 5.69 Å². The molecule has 0 bridgehead atoms. The monoisotopic (exact) mass is 638 g/mol. The number of benzene rings is 3. The maximum Gasteiger partial charge on any atom is 0.331 e. The van der Waals surface area contributed by atoms with Crippen molar-refractivity contribution in [2.45, 2.75) is 30.8 Å². The molecule has 0 aliphatic carbocycles. The van der Waals surface area contributed by atoms with Gasteiger partial charge in [-0.2, -0.15) is 0 Å². The van der Waals surface area contributed by atoms with E-state index in [0.717, 1.165) is 53.2 Å². The summed E-state index contributed by atoms with van der Waals surface area (Å²) < 4.78 is 63.5. The third kappa shape index (κ3) is 6.77. The molecule has 1 saturated heterocycles. The first-order chi connectivity index (χ1) is 21.5. The largest absolute Gasteiger partial charge is 0.494 e. The molecule has 1 aliphatic rings. The topological polar surface area (TPSA) is 103 Å². The van der Waals surface area contributed by atoms with E-state index in [-0.39, 0.29) is 45.5 Å². The molecule has 1 atom stereocenters. The molecule has 2 heterocycles. The number of nitrogens with one attached hydrogen (secondary N) is 1. The van der Waals surface area contributed by atoms with Gasteiger partial charge in [0.2, 0.25) is 0 Å². The van der Waals surface area contributed by atoms with Crippen LogP contribution >= 0.6 is 0 Å². The van der Waals surface area contributed by atoms with Gasteiger partial charge in [0.05, 0.1) is 24.1 Å². The third-order valence-electron chi connectivity index (χ3n) is 8.29. The smallest absolute Gasteiger partial charge is 0.331 e. The summed E-state index contributed by atoms with van der Waals surface area (Å²) in [6, 6.07) is 17.6. The number of sulfone groups is 1. The Kier molecular flexibility index (Phi) is 9.66. The summed E-state index contributed by atoms with van der Waals surface area (Å²) >= 11 is 0. The fraction of sp³-hybridized carbons (Fsp3) is 0.333. The van der Waals surface area contributed by atoms with Gasteiger partial charge in [-0.25, -0.2) is 22.0 Å². The molecule has 1 aliphatic heterocycles. The summed E-state index contributed by atoms with van der Waals surface area (Å²) in [6.45, 7) is 4.69. The van der Waals surface area contributed by atoms with Crippen molar-refractivity contribution in [1.82, 2.24) is 19.4 Å². The van der Waals surface area contributed by atoms with Gasteiger partial charge in [0.15, 0.2) is 21.4 Å². The third-order valence-corrected chi connectivity index (χ3v) is 9.48. The molecule has 3 aromatic carbocycles. The maximum absolute atomic E-state index is 15.7. The molecule has 1 fully saturated rings. The number of aromatic nitrogens is 2. The molecular formula is C33H36F2N4O5S. The minimum atomic E-state index is -3.88. The van der Waals surface area contributed by atoms with Crippen LogP contribution in [0.5, 0.6) is 5.75 Å². The van der Waals surface area contributed by atoms with E-state index in [1.165, 1.54) is 44.4 Å². The summed E-state index contributed by atoms with van der Waals surface area (Å²) in [5, 5.41) is 3.32. The number of rotatable bonds is 10. The van der Waals surface area contributed by atoms with Crippen LogP contribution in [-0.2, 0) is 22.9 Å². The number of hydrogen-bond donors (Lipinski definition) is 1. The summed E-state index contributed by atoms with van der Waals surface area (Å²) in [6.07, 6.45) is 0.958. The number of halogens is 2. The Labute approximate surface area is 260 Å². The number of methoxy groups -OCH3 is 1. The Hall–Kier alpha value is -4.13. The summed E-state index contributed by atoms with van der Waals surface area (Å²) in [7, 11) is -2.58. The Morgan fingerprint density at radius 1 is 0.911 bits per heavy atom. The van der Waals surface area contributed by atoms with Crippen LogP contribution in [0, 0.1) is 18.6 Å². The first kappa shape index (κ1) is 32.3. The highest BCUT2D eigenvalue weighted by Crippen LogP contribution is 2.30. The fourth-order valence-corrected chi connectivity index (χ4v) is 6.87. The first-order valence-corrected chi connectivity index (χ1v) is 16.5. The van der Waals surface area contributed by atoms with Crippen LogP contribution in [0.25, 0.3) is 11.1 Å². The molecule has 0 spiro atoms. The van der Waals surface area contributed by atoms with Gasteiger partial charge in [0.1, 0.15) is 5.82 Å². The predicted octanol–water partition coefficient (Wildman–Crippen LogP) is 3.41. The van der Waals surface area contributed by atoms with Gasteiger partial charge in [-0.15, -0.1) is 0 Å². The highest BCUT2D eigenvalue weighted by Gasteiger charge is 2.27. The van der Waals surface area contributed by atoms with Crippen molar-refractivity contribution in [2.75, 3.05) is 46.1 Å². The highest BCUT2D eigenvalue weighted by atomic mass is 32.2. The Morgan fingerprint density at radius 2 is 1.60 bits per heavy atom. The van der Waals surface area contributed by atoms with Crippen molar-refractivity contribution in [3.05, 3.63) is 116 Å². The molecule has 4 aromatic rings. The zero-order chi connectivity index (χ0) is 32.3. The van der Waals surface area contributed by atoms with E-state index in [1.807, 2.05) is 30.3 Å². The molecule has 9 nitrogen and oxygen atoms in total. The lowest BCUT2D eigenvalue weighted by atomic mass is 9.97. The van der Waals surface area contributed by atoms with Gasteiger partial charge in [-0.1, -0.05) is 48.5 Å². The van der Waals surface area contributed by atoms with Gasteiger partial charge < -0.3 is 15.0 Å². The molecule has 0 saturated carbocycles. The molecule has 12 heteroatoms. The van der Waals surface area contributed by atoms with E-state index in [1.54, 1.807) is 0 Å². The van der Waals surface area contributed by atoms with E-state index >= 15 is 8.78 Å². The standard InChI is InChI=1S/C33H36F2N4O5S/c1-22-30(25-11-7-13-28(44-2)31(25)35)32(40)39(20-24(23-9-5-4-6-10-23)19-37-17-15-36-16-18-37)33(41)38(22)21-26-27(34)12-8-14-29(26)45(3,42)43/h4-14,24,36H,15-21H2,1-3H3/t24-/m1/s1. The molecule has 45 heavy (non-hydrogen) atoms. The lowest BCUT2D eigenvalue weighted by molar-refractivity contribution is 0.219. The van der Waals surface area contributed by atoms with E-state index in [9.17, 15) is 18.0 Å². The van der Waals surface area contributed by atoms with E-state index in [0.29, 0.717) is 6.54 Å². The second-order valence-corrected chi connectivity index (χ2v) is 13.2. The van der Waals surface area contributed by atoms with Crippen molar-refractivity contribution in [3.8, 4) is 16.9 Å². The molecule has 0 amide bonds.